The lowest BCUT2D eigenvalue weighted by Crippen LogP contribution is -2.57. The molecule has 3 heteroatoms. The summed E-state index contributed by atoms with van der Waals surface area (Å²) < 4.78 is 0. The van der Waals surface area contributed by atoms with Crippen molar-refractivity contribution in [2.24, 2.45) is 17.6 Å². The largest absolute Gasteiger partial charge is 0.330 e. The SMILES string of the molecule is CN(CC1CCC(CN)CC1)CC1(N(C)C)CCC1. The molecule has 19 heavy (non-hydrogen) atoms. The summed E-state index contributed by atoms with van der Waals surface area (Å²) in [5.41, 5.74) is 6.25. The van der Waals surface area contributed by atoms with Crippen LogP contribution in [0.15, 0.2) is 0 Å². The third kappa shape index (κ3) is 3.71. The fourth-order valence-electron chi connectivity index (χ4n) is 3.99. The average Bonchev–Trinajstić information content (AvgIpc) is 2.34. The Labute approximate surface area is 119 Å². The second-order valence-electron chi connectivity index (χ2n) is 7.29. The Morgan fingerprint density at radius 3 is 2.00 bits per heavy atom. The maximum Gasteiger partial charge on any atom is 0.0330 e. The van der Waals surface area contributed by atoms with Gasteiger partial charge in [-0.05, 0) is 84.5 Å². The fraction of sp³-hybridized carbons (Fsp3) is 1.00. The van der Waals surface area contributed by atoms with Gasteiger partial charge in [-0.1, -0.05) is 0 Å². The molecule has 2 aliphatic carbocycles. The van der Waals surface area contributed by atoms with Gasteiger partial charge in [-0.15, -0.1) is 0 Å². The van der Waals surface area contributed by atoms with Gasteiger partial charge in [0.2, 0.25) is 0 Å². The summed E-state index contributed by atoms with van der Waals surface area (Å²) in [6.07, 6.45) is 9.66. The van der Waals surface area contributed by atoms with E-state index in [9.17, 15) is 0 Å². The molecule has 0 aromatic carbocycles. The lowest BCUT2D eigenvalue weighted by Gasteiger charge is -2.49. The smallest absolute Gasteiger partial charge is 0.0330 e. The van der Waals surface area contributed by atoms with Gasteiger partial charge in [0.1, 0.15) is 0 Å². The Hall–Kier alpha value is -0.120. The highest BCUT2D eigenvalue weighted by Gasteiger charge is 2.40. The highest BCUT2D eigenvalue weighted by Crippen LogP contribution is 2.37. The van der Waals surface area contributed by atoms with Crippen LogP contribution in [0.2, 0.25) is 0 Å². The molecule has 0 atom stereocenters. The van der Waals surface area contributed by atoms with Crippen LogP contribution in [0, 0.1) is 11.8 Å². The normalized spacial score (nSPS) is 30.6. The molecule has 0 amide bonds. The summed E-state index contributed by atoms with van der Waals surface area (Å²) in [4.78, 5) is 5.05. The van der Waals surface area contributed by atoms with Gasteiger partial charge >= 0.3 is 0 Å². The molecule has 0 aromatic rings. The van der Waals surface area contributed by atoms with E-state index >= 15 is 0 Å². The van der Waals surface area contributed by atoms with Gasteiger partial charge in [0, 0.05) is 18.6 Å². The number of nitrogens with zero attached hydrogens (tertiary/aromatic N) is 2. The maximum atomic E-state index is 5.78. The van der Waals surface area contributed by atoms with Crippen LogP contribution in [-0.2, 0) is 0 Å². The monoisotopic (exact) mass is 267 g/mol. The van der Waals surface area contributed by atoms with Crippen LogP contribution in [0.1, 0.15) is 44.9 Å². The number of rotatable bonds is 6. The van der Waals surface area contributed by atoms with E-state index in [1.165, 1.54) is 58.0 Å². The highest BCUT2D eigenvalue weighted by atomic mass is 15.2. The fourth-order valence-corrected chi connectivity index (χ4v) is 3.99. The predicted octanol–water partition coefficient (Wildman–Crippen LogP) is 2.17. The minimum Gasteiger partial charge on any atom is -0.330 e. The second kappa shape index (κ2) is 6.55. The Morgan fingerprint density at radius 1 is 1.00 bits per heavy atom. The summed E-state index contributed by atoms with van der Waals surface area (Å²) in [7, 11) is 6.82. The molecule has 0 saturated heterocycles. The number of hydrogen-bond acceptors (Lipinski definition) is 3. The van der Waals surface area contributed by atoms with E-state index in [1.54, 1.807) is 0 Å². The van der Waals surface area contributed by atoms with Gasteiger partial charge in [-0.2, -0.15) is 0 Å². The van der Waals surface area contributed by atoms with Crippen molar-refractivity contribution in [3.63, 3.8) is 0 Å². The van der Waals surface area contributed by atoms with E-state index in [0.717, 1.165) is 18.4 Å². The molecule has 0 unspecified atom stereocenters. The van der Waals surface area contributed by atoms with Crippen molar-refractivity contribution in [2.75, 3.05) is 40.8 Å². The van der Waals surface area contributed by atoms with Gasteiger partial charge in [0.25, 0.3) is 0 Å². The van der Waals surface area contributed by atoms with E-state index in [4.69, 9.17) is 5.73 Å². The first-order valence-electron chi connectivity index (χ1n) is 8.12. The van der Waals surface area contributed by atoms with E-state index < -0.39 is 0 Å². The van der Waals surface area contributed by atoms with Crippen molar-refractivity contribution in [1.29, 1.82) is 0 Å². The van der Waals surface area contributed by atoms with Gasteiger partial charge in [-0.3, -0.25) is 0 Å². The van der Waals surface area contributed by atoms with E-state index in [1.807, 2.05) is 0 Å². The van der Waals surface area contributed by atoms with Crippen molar-refractivity contribution >= 4 is 0 Å². The molecule has 0 aliphatic heterocycles. The van der Waals surface area contributed by atoms with Gasteiger partial charge in [0.05, 0.1) is 0 Å². The molecule has 0 radical (unpaired) electrons. The Kier molecular flexibility index (Phi) is 5.27. The molecule has 2 rings (SSSR count). The first-order valence-corrected chi connectivity index (χ1v) is 8.12. The highest BCUT2D eigenvalue weighted by molar-refractivity contribution is 4.98. The summed E-state index contributed by atoms with van der Waals surface area (Å²) in [5.74, 6) is 1.72. The Bertz CT molecular complexity index is 265. The van der Waals surface area contributed by atoms with Crippen LogP contribution >= 0.6 is 0 Å². The molecule has 0 spiro atoms. The lowest BCUT2D eigenvalue weighted by atomic mass is 9.75. The molecule has 0 aromatic heterocycles. The first kappa shape index (κ1) is 15.3. The van der Waals surface area contributed by atoms with E-state index in [0.29, 0.717) is 5.54 Å². The zero-order valence-electron chi connectivity index (χ0n) is 13.2. The summed E-state index contributed by atoms with van der Waals surface area (Å²) in [6.45, 7) is 3.43. The number of hydrogen-bond donors (Lipinski definition) is 1. The van der Waals surface area contributed by atoms with Crippen LogP contribution < -0.4 is 5.73 Å². The molecule has 2 N–H and O–H groups in total. The third-order valence-corrected chi connectivity index (χ3v) is 5.67. The average molecular weight is 267 g/mol. The van der Waals surface area contributed by atoms with Crippen molar-refractivity contribution in [3.8, 4) is 0 Å². The second-order valence-corrected chi connectivity index (χ2v) is 7.29. The Morgan fingerprint density at radius 2 is 1.58 bits per heavy atom. The topological polar surface area (TPSA) is 32.5 Å². The van der Waals surface area contributed by atoms with Gasteiger partial charge in [-0.25, -0.2) is 0 Å². The van der Waals surface area contributed by atoms with Crippen molar-refractivity contribution < 1.29 is 0 Å². The molecular weight excluding hydrogens is 234 g/mol. The lowest BCUT2D eigenvalue weighted by molar-refractivity contribution is 0.0218. The molecule has 0 heterocycles. The van der Waals surface area contributed by atoms with Crippen molar-refractivity contribution in [3.05, 3.63) is 0 Å². The van der Waals surface area contributed by atoms with Crippen LogP contribution in [0.4, 0.5) is 0 Å². The quantitative estimate of drug-likeness (QED) is 0.800. The van der Waals surface area contributed by atoms with Gasteiger partial charge < -0.3 is 15.5 Å². The number of likely N-dealkylation sites (N-methyl/N-ethyl adjacent to an activating group) is 2. The van der Waals surface area contributed by atoms with Crippen LogP contribution in [0.5, 0.6) is 0 Å². The summed E-state index contributed by atoms with van der Waals surface area (Å²) in [6, 6.07) is 0. The van der Waals surface area contributed by atoms with Gasteiger partial charge in [0.15, 0.2) is 0 Å². The van der Waals surface area contributed by atoms with E-state index in [-0.39, 0.29) is 0 Å². The van der Waals surface area contributed by atoms with E-state index in [2.05, 4.69) is 30.9 Å². The molecule has 2 aliphatic rings. The van der Waals surface area contributed by atoms with Crippen molar-refractivity contribution in [2.45, 2.75) is 50.5 Å². The zero-order valence-corrected chi connectivity index (χ0v) is 13.2. The molecule has 2 fully saturated rings. The molecule has 2 saturated carbocycles. The summed E-state index contributed by atoms with van der Waals surface area (Å²) in [5, 5.41) is 0. The number of nitrogens with two attached hydrogens (primary N) is 1. The molecule has 112 valence electrons. The Balaban J connectivity index is 1.74. The molecule has 0 bridgehead atoms. The maximum absolute atomic E-state index is 5.78. The van der Waals surface area contributed by atoms with Crippen LogP contribution in [0.3, 0.4) is 0 Å². The van der Waals surface area contributed by atoms with Crippen LogP contribution in [0.25, 0.3) is 0 Å². The molecular formula is C16H33N3. The first-order chi connectivity index (χ1) is 9.05. The minimum absolute atomic E-state index is 0.475. The standard InChI is InChI=1S/C16H33N3/c1-18(2)16(9-4-10-16)13-19(3)12-15-7-5-14(11-17)6-8-15/h14-15H,4-13,17H2,1-3H3. The third-order valence-electron chi connectivity index (χ3n) is 5.67. The minimum atomic E-state index is 0.475. The molecule has 3 nitrogen and oxygen atoms in total. The zero-order chi connectivity index (χ0) is 13.9. The summed E-state index contributed by atoms with van der Waals surface area (Å²) >= 11 is 0. The van der Waals surface area contributed by atoms with Crippen LogP contribution in [-0.4, -0.2) is 56.1 Å². The van der Waals surface area contributed by atoms with Crippen molar-refractivity contribution in [1.82, 2.24) is 9.80 Å². The predicted molar refractivity (Wildman–Crippen MR) is 82.3 cm³/mol.